The molecule has 3 aromatic heterocycles. The first kappa shape index (κ1) is 18.6. The maximum Gasteiger partial charge on any atom is 0.252 e. The Hall–Kier alpha value is -2.77. The summed E-state index contributed by atoms with van der Waals surface area (Å²) in [4.78, 5) is 22.1. The van der Waals surface area contributed by atoms with Crippen molar-refractivity contribution in [1.29, 1.82) is 0 Å². The molecule has 148 valence electrons. The van der Waals surface area contributed by atoms with Gasteiger partial charge in [-0.1, -0.05) is 5.16 Å². The van der Waals surface area contributed by atoms with E-state index in [1.807, 2.05) is 17.7 Å². The minimum atomic E-state index is -0.217. The van der Waals surface area contributed by atoms with Crippen LogP contribution < -0.4 is 5.32 Å². The second-order valence-corrected chi connectivity index (χ2v) is 8.48. The number of hydrogen-bond donors (Lipinski definition) is 1. The Morgan fingerprint density at radius 1 is 1.29 bits per heavy atom. The summed E-state index contributed by atoms with van der Waals surface area (Å²) in [7, 11) is 0. The van der Waals surface area contributed by atoms with Crippen LogP contribution in [0.1, 0.15) is 73.0 Å². The van der Waals surface area contributed by atoms with Crippen molar-refractivity contribution >= 4 is 16.9 Å². The number of nitrogens with zero attached hydrogens (tertiary/aromatic N) is 5. The normalized spacial score (nSPS) is 14.6. The van der Waals surface area contributed by atoms with E-state index in [2.05, 4.69) is 36.2 Å². The van der Waals surface area contributed by atoms with Gasteiger partial charge in [0.25, 0.3) is 5.91 Å². The van der Waals surface area contributed by atoms with Crippen LogP contribution in [0.25, 0.3) is 11.0 Å². The molecule has 1 aliphatic rings. The molecule has 0 radical (unpaired) electrons. The van der Waals surface area contributed by atoms with Crippen molar-refractivity contribution in [2.24, 2.45) is 0 Å². The maximum absolute atomic E-state index is 13.0. The van der Waals surface area contributed by atoms with Gasteiger partial charge in [-0.25, -0.2) is 9.67 Å². The van der Waals surface area contributed by atoms with Crippen LogP contribution in [-0.4, -0.2) is 37.4 Å². The molecule has 1 amide bonds. The second kappa shape index (κ2) is 6.68. The predicted octanol–water partition coefficient (Wildman–Crippen LogP) is 3.04. The van der Waals surface area contributed by atoms with Crippen molar-refractivity contribution in [2.75, 3.05) is 6.54 Å². The molecule has 0 bridgehead atoms. The van der Waals surface area contributed by atoms with E-state index in [1.165, 1.54) is 0 Å². The monoisotopic (exact) mass is 382 g/mol. The van der Waals surface area contributed by atoms with Crippen LogP contribution in [0.5, 0.6) is 0 Å². The predicted molar refractivity (Wildman–Crippen MR) is 104 cm³/mol. The average Bonchev–Trinajstić information content (AvgIpc) is 3.31. The van der Waals surface area contributed by atoms with Crippen molar-refractivity contribution in [3.63, 3.8) is 0 Å². The van der Waals surface area contributed by atoms with Gasteiger partial charge < -0.3 is 9.84 Å². The zero-order valence-electron chi connectivity index (χ0n) is 17.0. The summed E-state index contributed by atoms with van der Waals surface area (Å²) in [6.07, 6.45) is 2.74. The fourth-order valence-electron chi connectivity index (χ4n) is 3.36. The van der Waals surface area contributed by atoms with Crippen molar-refractivity contribution in [3.8, 4) is 0 Å². The van der Waals surface area contributed by atoms with Gasteiger partial charge >= 0.3 is 0 Å². The minimum absolute atomic E-state index is 0.123. The molecule has 0 aromatic carbocycles. The van der Waals surface area contributed by atoms with E-state index in [0.717, 1.165) is 35.3 Å². The number of pyridine rings is 1. The Labute approximate surface area is 163 Å². The highest BCUT2D eigenvalue weighted by atomic mass is 16.5. The third-order valence-corrected chi connectivity index (χ3v) is 4.90. The fraction of sp³-hybridized carbons (Fsp3) is 0.550. The molecule has 3 heterocycles. The summed E-state index contributed by atoms with van der Waals surface area (Å²) in [6, 6.07) is 1.94. The summed E-state index contributed by atoms with van der Waals surface area (Å²) in [5.74, 6) is 1.44. The Kier molecular flexibility index (Phi) is 4.44. The summed E-state index contributed by atoms with van der Waals surface area (Å²) < 4.78 is 7.04. The molecule has 0 atom stereocenters. The number of carbonyl (C=O) groups is 1. The largest absolute Gasteiger partial charge is 0.351 e. The molecular formula is C20H26N6O2. The quantitative estimate of drug-likeness (QED) is 0.728. The van der Waals surface area contributed by atoms with E-state index in [9.17, 15) is 4.79 Å². The molecule has 0 aliphatic heterocycles. The number of amides is 1. The molecule has 3 aromatic rings. The van der Waals surface area contributed by atoms with Gasteiger partial charge in [-0.05, 0) is 53.5 Å². The van der Waals surface area contributed by atoms with Crippen LogP contribution in [-0.2, 0) is 12.0 Å². The molecular weight excluding hydrogens is 356 g/mol. The number of aromatic nitrogens is 5. The van der Waals surface area contributed by atoms with Gasteiger partial charge in [-0.15, -0.1) is 0 Å². The molecule has 4 rings (SSSR count). The maximum atomic E-state index is 13.0. The van der Waals surface area contributed by atoms with Gasteiger partial charge in [0.1, 0.15) is 0 Å². The van der Waals surface area contributed by atoms with Crippen LogP contribution >= 0.6 is 0 Å². The topological polar surface area (TPSA) is 98.7 Å². The average molecular weight is 382 g/mol. The summed E-state index contributed by atoms with van der Waals surface area (Å²) >= 11 is 0. The number of nitrogens with one attached hydrogen (secondary N) is 1. The molecule has 1 saturated carbocycles. The number of hydrogen-bond acceptors (Lipinski definition) is 6. The van der Waals surface area contributed by atoms with Crippen LogP contribution in [0.4, 0.5) is 0 Å². The number of rotatable bonds is 5. The third kappa shape index (κ3) is 3.50. The molecule has 0 unspecified atom stereocenters. The lowest BCUT2D eigenvalue weighted by molar-refractivity contribution is 0.0955. The lowest BCUT2D eigenvalue weighted by Crippen LogP contribution is -2.27. The van der Waals surface area contributed by atoms with Gasteiger partial charge in [0.05, 0.1) is 22.2 Å². The third-order valence-electron chi connectivity index (χ3n) is 4.90. The lowest BCUT2D eigenvalue weighted by Gasteiger charge is -2.20. The fourth-order valence-corrected chi connectivity index (χ4v) is 3.36. The van der Waals surface area contributed by atoms with Crippen LogP contribution in [0.2, 0.25) is 0 Å². The first-order valence-corrected chi connectivity index (χ1v) is 9.72. The van der Waals surface area contributed by atoms with Crippen molar-refractivity contribution in [1.82, 2.24) is 30.2 Å². The smallest absolute Gasteiger partial charge is 0.252 e. The van der Waals surface area contributed by atoms with E-state index in [4.69, 9.17) is 14.6 Å². The van der Waals surface area contributed by atoms with E-state index < -0.39 is 0 Å². The lowest BCUT2D eigenvalue weighted by atomic mass is 10.1. The van der Waals surface area contributed by atoms with E-state index in [-0.39, 0.29) is 11.4 Å². The second-order valence-electron chi connectivity index (χ2n) is 8.48. The molecule has 0 saturated heterocycles. The van der Waals surface area contributed by atoms with E-state index >= 15 is 0 Å². The standard InChI is InChI=1S/C20H26N6O2/c1-11-17-14(19(27)21-9-8-16-22-12(2)25-28-16)10-15(13-6-7-13)23-18(17)26(24-11)20(3,4)5/h10,13H,6-9H2,1-5H3,(H,21,27). The van der Waals surface area contributed by atoms with Crippen LogP contribution in [0.15, 0.2) is 10.6 Å². The Morgan fingerprint density at radius 2 is 2.04 bits per heavy atom. The first-order valence-electron chi connectivity index (χ1n) is 9.72. The summed E-state index contributed by atoms with van der Waals surface area (Å²) in [5.41, 5.74) is 3.01. The van der Waals surface area contributed by atoms with Gasteiger partial charge in [0, 0.05) is 24.6 Å². The van der Waals surface area contributed by atoms with Crippen molar-refractivity contribution < 1.29 is 9.32 Å². The SMILES string of the molecule is Cc1noc(CCNC(=O)c2cc(C3CC3)nc3c2c(C)nn3C(C)(C)C)n1. The Morgan fingerprint density at radius 3 is 2.64 bits per heavy atom. The first-order chi connectivity index (χ1) is 13.2. The molecule has 8 heteroatoms. The molecule has 1 aliphatic carbocycles. The van der Waals surface area contributed by atoms with E-state index in [0.29, 0.717) is 36.2 Å². The van der Waals surface area contributed by atoms with Gasteiger partial charge in [0.2, 0.25) is 5.89 Å². The molecule has 0 spiro atoms. The van der Waals surface area contributed by atoms with E-state index in [1.54, 1.807) is 6.92 Å². The number of carbonyl (C=O) groups excluding carboxylic acids is 1. The number of aryl methyl sites for hydroxylation is 2. The molecule has 28 heavy (non-hydrogen) atoms. The van der Waals surface area contributed by atoms with Gasteiger partial charge in [-0.3, -0.25) is 4.79 Å². The van der Waals surface area contributed by atoms with Crippen molar-refractivity contribution in [2.45, 2.75) is 65.3 Å². The highest BCUT2D eigenvalue weighted by Crippen LogP contribution is 2.40. The zero-order valence-corrected chi connectivity index (χ0v) is 17.0. The zero-order chi connectivity index (χ0) is 20.1. The molecule has 8 nitrogen and oxygen atoms in total. The van der Waals surface area contributed by atoms with Gasteiger partial charge in [-0.2, -0.15) is 10.1 Å². The highest BCUT2D eigenvalue weighted by Gasteiger charge is 2.30. The summed E-state index contributed by atoms with van der Waals surface area (Å²) in [6.45, 7) is 10.4. The molecule has 1 fully saturated rings. The Balaban J connectivity index is 1.66. The Bertz CT molecular complexity index is 1040. The highest BCUT2D eigenvalue weighted by molar-refractivity contribution is 6.06. The van der Waals surface area contributed by atoms with Crippen molar-refractivity contribution in [3.05, 3.63) is 34.7 Å². The molecule has 1 N–H and O–H groups in total. The van der Waals surface area contributed by atoms with Crippen LogP contribution in [0.3, 0.4) is 0 Å². The summed E-state index contributed by atoms with van der Waals surface area (Å²) in [5, 5.41) is 12.3. The number of fused-ring (bicyclic) bond motifs is 1. The minimum Gasteiger partial charge on any atom is -0.351 e. The van der Waals surface area contributed by atoms with Gasteiger partial charge in [0.15, 0.2) is 11.5 Å². The van der Waals surface area contributed by atoms with Crippen LogP contribution in [0, 0.1) is 13.8 Å².